The van der Waals surface area contributed by atoms with Crippen molar-refractivity contribution in [3.05, 3.63) is 39.9 Å². The van der Waals surface area contributed by atoms with Crippen LogP contribution in [-0.2, 0) is 0 Å². The number of nitrogens with zero attached hydrogens (tertiary/aromatic N) is 2. The second-order valence-corrected chi connectivity index (χ2v) is 4.50. The molecule has 0 spiro atoms. The zero-order valence-electron chi connectivity index (χ0n) is 10.6. The average molecular weight is 245 g/mol. The molecule has 0 radical (unpaired) electrons. The van der Waals surface area contributed by atoms with Crippen LogP contribution in [-0.4, -0.2) is 20.1 Å². The molecule has 0 aromatic carbocycles. The normalized spacial score (nSPS) is 10.9. The van der Waals surface area contributed by atoms with Crippen LogP contribution in [0.25, 0.3) is 11.4 Å². The SMILES string of the molecule is Cc1ccncc1-c1nc(O)c(C(C)C)c(=O)[nH]1. The second kappa shape index (κ2) is 4.60. The molecule has 0 unspecified atom stereocenters. The molecule has 18 heavy (non-hydrogen) atoms. The monoisotopic (exact) mass is 245 g/mol. The Balaban J connectivity index is 2.63. The van der Waals surface area contributed by atoms with Gasteiger partial charge in [-0.3, -0.25) is 9.78 Å². The Morgan fingerprint density at radius 1 is 1.39 bits per heavy atom. The largest absolute Gasteiger partial charge is 0.493 e. The Hall–Kier alpha value is -2.17. The first-order valence-corrected chi connectivity index (χ1v) is 5.75. The van der Waals surface area contributed by atoms with E-state index in [0.29, 0.717) is 17.0 Å². The predicted molar refractivity (Wildman–Crippen MR) is 68.6 cm³/mol. The van der Waals surface area contributed by atoms with E-state index in [1.54, 1.807) is 12.4 Å². The van der Waals surface area contributed by atoms with Crippen LogP contribution in [0.15, 0.2) is 23.3 Å². The lowest BCUT2D eigenvalue weighted by Gasteiger charge is -2.09. The van der Waals surface area contributed by atoms with E-state index in [2.05, 4.69) is 15.0 Å². The van der Waals surface area contributed by atoms with E-state index in [1.807, 2.05) is 26.8 Å². The van der Waals surface area contributed by atoms with Crippen molar-refractivity contribution in [3.63, 3.8) is 0 Å². The summed E-state index contributed by atoms with van der Waals surface area (Å²) in [5.74, 6) is 0.0461. The molecule has 2 aromatic rings. The Morgan fingerprint density at radius 3 is 2.67 bits per heavy atom. The van der Waals surface area contributed by atoms with E-state index in [4.69, 9.17) is 0 Å². The molecule has 2 N–H and O–H groups in total. The van der Waals surface area contributed by atoms with E-state index in [0.717, 1.165) is 5.56 Å². The summed E-state index contributed by atoms with van der Waals surface area (Å²) in [6.07, 6.45) is 3.28. The smallest absolute Gasteiger partial charge is 0.258 e. The van der Waals surface area contributed by atoms with Gasteiger partial charge in [0.15, 0.2) is 0 Å². The summed E-state index contributed by atoms with van der Waals surface area (Å²) in [7, 11) is 0. The van der Waals surface area contributed by atoms with Crippen molar-refractivity contribution in [2.45, 2.75) is 26.7 Å². The van der Waals surface area contributed by atoms with E-state index >= 15 is 0 Å². The number of rotatable bonds is 2. The second-order valence-electron chi connectivity index (χ2n) is 4.50. The molecule has 0 aliphatic carbocycles. The van der Waals surface area contributed by atoms with Crippen LogP contribution in [0.3, 0.4) is 0 Å². The van der Waals surface area contributed by atoms with E-state index in [1.165, 1.54) is 0 Å². The van der Waals surface area contributed by atoms with Gasteiger partial charge < -0.3 is 10.1 Å². The van der Waals surface area contributed by atoms with E-state index < -0.39 is 0 Å². The number of pyridine rings is 1. The van der Waals surface area contributed by atoms with E-state index in [9.17, 15) is 9.90 Å². The number of aryl methyl sites for hydroxylation is 1. The third-order valence-corrected chi connectivity index (χ3v) is 2.81. The maximum atomic E-state index is 11.9. The van der Waals surface area contributed by atoms with Gasteiger partial charge in [-0.25, -0.2) is 0 Å². The first kappa shape index (κ1) is 12.3. The van der Waals surface area contributed by atoms with Crippen molar-refractivity contribution in [2.75, 3.05) is 0 Å². The fourth-order valence-electron chi connectivity index (χ4n) is 1.83. The lowest BCUT2D eigenvalue weighted by molar-refractivity contribution is 0.440. The number of nitrogens with one attached hydrogen (secondary N) is 1. The van der Waals surface area contributed by atoms with E-state index in [-0.39, 0.29) is 17.4 Å². The maximum absolute atomic E-state index is 11.9. The summed E-state index contributed by atoms with van der Waals surface area (Å²) in [6.45, 7) is 5.56. The number of hydrogen-bond acceptors (Lipinski definition) is 4. The number of hydrogen-bond donors (Lipinski definition) is 2. The summed E-state index contributed by atoms with van der Waals surface area (Å²) in [4.78, 5) is 22.6. The summed E-state index contributed by atoms with van der Waals surface area (Å²) < 4.78 is 0. The molecule has 0 atom stereocenters. The zero-order valence-corrected chi connectivity index (χ0v) is 10.6. The molecule has 0 amide bonds. The highest BCUT2D eigenvalue weighted by atomic mass is 16.3. The molecule has 2 aromatic heterocycles. The van der Waals surface area contributed by atoms with Gasteiger partial charge in [-0.15, -0.1) is 0 Å². The number of H-pyrrole nitrogens is 1. The van der Waals surface area contributed by atoms with Crippen LogP contribution in [0, 0.1) is 6.92 Å². The highest BCUT2D eigenvalue weighted by Gasteiger charge is 2.15. The highest BCUT2D eigenvalue weighted by molar-refractivity contribution is 5.58. The summed E-state index contributed by atoms with van der Waals surface area (Å²) in [5, 5.41) is 9.84. The quantitative estimate of drug-likeness (QED) is 0.847. The van der Waals surface area contributed by atoms with Crippen molar-refractivity contribution in [3.8, 4) is 17.3 Å². The minimum absolute atomic E-state index is 0.0784. The molecule has 0 bridgehead atoms. The molecule has 0 aliphatic heterocycles. The average Bonchev–Trinajstić information content (AvgIpc) is 2.27. The standard InChI is InChI=1S/C13H15N3O2/c1-7(2)10-12(17)15-11(16-13(10)18)9-6-14-5-4-8(9)3/h4-7H,1-3H3,(H2,15,16,17,18). The summed E-state index contributed by atoms with van der Waals surface area (Å²) >= 11 is 0. The summed E-state index contributed by atoms with van der Waals surface area (Å²) in [5.41, 5.74) is 1.64. The van der Waals surface area contributed by atoms with Crippen molar-refractivity contribution < 1.29 is 5.11 Å². The number of aromatic amines is 1. The van der Waals surface area contributed by atoms with Crippen LogP contribution in [0.5, 0.6) is 5.88 Å². The van der Waals surface area contributed by atoms with Crippen molar-refractivity contribution in [2.24, 2.45) is 0 Å². The Kier molecular flexibility index (Phi) is 3.14. The van der Waals surface area contributed by atoms with Gasteiger partial charge in [-0.05, 0) is 24.5 Å². The minimum atomic E-state index is -0.309. The fraction of sp³-hybridized carbons (Fsp3) is 0.308. The van der Waals surface area contributed by atoms with Crippen LogP contribution in [0.2, 0.25) is 0 Å². The molecular formula is C13H15N3O2. The first-order valence-electron chi connectivity index (χ1n) is 5.75. The molecule has 5 heteroatoms. The molecular weight excluding hydrogens is 230 g/mol. The fourth-order valence-corrected chi connectivity index (χ4v) is 1.83. The van der Waals surface area contributed by atoms with Crippen LogP contribution in [0.1, 0.15) is 30.9 Å². The molecule has 0 fully saturated rings. The Labute approximate surface area is 105 Å². The van der Waals surface area contributed by atoms with Crippen molar-refractivity contribution >= 4 is 0 Å². The third-order valence-electron chi connectivity index (χ3n) is 2.81. The van der Waals surface area contributed by atoms with Crippen molar-refractivity contribution in [1.29, 1.82) is 0 Å². The van der Waals surface area contributed by atoms with Gasteiger partial charge in [-0.1, -0.05) is 13.8 Å². The maximum Gasteiger partial charge on any atom is 0.258 e. The lowest BCUT2D eigenvalue weighted by Crippen LogP contribution is -2.16. The van der Waals surface area contributed by atoms with Gasteiger partial charge >= 0.3 is 0 Å². The van der Waals surface area contributed by atoms with Gasteiger partial charge in [0.05, 0.1) is 5.56 Å². The molecule has 2 rings (SSSR count). The van der Waals surface area contributed by atoms with Gasteiger partial charge in [0.2, 0.25) is 5.88 Å². The van der Waals surface area contributed by atoms with Crippen LogP contribution in [0.4, 0.5) is 0 Å². The Bertz CT molecular complexity index is 632. The topological polar surface area (TPSA) is 78.9 Å². The van der Waals surface area contributed by atoms with Crippen LogP contribution >= 0.6 is 0 Å². The molecule has 5 nitrogen and oxygen atoms in total. The van der Waals surface area contributed by atoms with Crippen molar-refractivity contribution in [1.82, 2.24) is 15.0 Å². The zero-order chi connectivity index (χ0) is 13.3. The molecule has 2 heterocycles. The molecule has 0 saturated heterocycles. The molecule has 94 valence electrons. The Morgan fingerprint density at radius 2 is 2.11 bits per heavy atom. The van der Waals surface area contributed by atoms with Gasteiger partial charge in [0, 0.05) is 18.0 Å². The van der Waals surface area contributed by atoms with Gasteiger partial charge in [0.25, 0.3) is 5.56 Å². The molecule has 0 saturated carbocycles. The predicted octanol–water partition coefficient (Wildman–Crippen LogP) is 1.97. The number of aromatic nitrogens is 3. The minimum Gasteiger partial charge on any atom is -0.493 e. The molecule has 0 aliphatic rings. The third kappa shape index (κ3) is 2.11. The van der Waals surface area contributed by atoms with Gasteiger partial charge in [0.1, 0.15) is 5.82 Å². The first-order chi connectivity index (χ1) is 8.50. The lowest BCUT2D eigenvalue weighted by atomic mass is 10.1. The van der Waals surface area contributed by atoms with Crippen LogP contribution < -0.4 is 5.56 Å². The highest BCUT2D eigenvalue weighted by Crippen LogP contribution is 2.23. The number of aromatic hydroxyl groups is 1. The summed E-state index contributed by atoms with van der Waals surface area (Å²) in [6, 6.07) is 1.82. The van der Waals surface area contributed by atoms with Gasteiger partial charge in [-0.2, -0.15) is 4.98 Å².